The summed E-state index contributed by atoms with van der Waals surface area (Å²) in [5, 5.41) is 0. The molecule has 0 spiro atoms. The molecule has 0 atom stereocenters. The van der Waals surface area contributed by atoms with Crippen molar-refractivity contribution in [1.82, 2.24) is 0 Å². The number of nitrogens with zero attached hydrogens (tertiary/aromatic N) is 3. The van der Waals surface area contributed by atoms with Crippen LogP contribution in [0.15, 0.2) is 227 Å². The summed E-state index contributed by atoms with van der Waals surface area (Å²) in [6.07, 6.45) is 0. The first-order valence-corrected chi connectivity index (χ1v) is 19.0. The molecule has 0 saturated heterocycles. The molecule has 3 heteroatoms. The molecule has 0 aromatic heterocycles. The Kier molecular flexibility index (Phi) is 9.41. The minimum atomic E-state index is -0.478. The highest BCUT2D eigenvalue weighted by Crippen LogP contribution is 2.56. The van der Waals surface area contributed by atoms with E-state index < -0.39 is 5.41 Å². The number of rotatable bonds is 8. The van der Waals surface area contributed by atoms with Gasteiger partial charge in [0, 0.05) is 11.1 Å². The van der Waals surface area contributed by atoms with Crippen molar-refractivity contribution < 1.29 is 0 Å². The number of fused-ring (bicyclic) bond motifs is 3. The molecule has 266 valence electrons. The first-order valence-electron chi connectivity index (χ1n) is 19.0. The average molecular weight is 718 g/mol. The third kappa shape index (κ3) is 6.40. The van der Waals surface area contributed by atoms with Gasteiger partial charge in [-0.3, -0.25) is 4.99 Å². The first-order chi connectivity index (χ1) is 27.7. The maximum Gasteiger partial charge on any atom is 0.161 e. The van der Waals surface area contributed by atoms with Gasteiger partial charge in [0.1, 0.15) is 0 Å². The predicted molar refractivity (Wildman–Crippen MR) is 234 cm³/mol. The second-order valence-electron chi connectivity index (χ2n) is 14.0. The molecular formula is C53H39N3. The molecule has 3 nitrogen and oxygen atoms in total. The molecule has 0 saturated carbocycles. The van der Waals surface area contributed by atoms with Crippen molar-refractivity contribution in [2.24, 2.45) is 15.0 Å². The van der Waals surface area contributed by atoms with Gasteiger partial charge in [-0.2, -0.15) is 0 Å². The maximum atomic E-state index is 5.25. The molecule has 0 fully saturated rings. The zero-order valence-electron chi connectivity index (χ0n) is 31.0. The third-order valence-corrected chi connectivity index (χ3v) is 10.8. The minimum Gasteiger partial charge on any atom is -0.261 e. The SMILES string of the molecule is C=NC(=NC(=NCc1ccc2c(c1)C(c1ccccc1)(c1ccccc1)c1ccccc1-2)c1ccc(-c2ccccc2)cc1)c1ccc(-c2ccccc2)cc1. The van der Waals surface area contributed by atoms with Crippen molar-refractivity contribution in [2.45, 2.75) is 12.0 Å². The zero-order valence-corrected chi connectivity index (χ0v) is 31.0. The van der Waals surface area contributed by atoms with E-state index >= 15 is 0 Å². The molecule has 0 amide bonds. The van der Waals surface area contributed by atoms with E-state index in [2.05, 4.69) is 212 Å². The third-order valence-electron chi connectivity index (χ3n) is 10.8. The Morgan fingerprint density at radius 1 is 0.411 bits per heavy atom. The number of aliphatic imine (C=N–C) groups is 3. The Morgan fingerprint density at radius 3 is 1.39 bits per heavy atom. The van der Waals surface area contributed by atoms with Crippen LogP contribution < -0.4 is 0 Å². The zero-order chi connectivity index (χ0) is 37.7. The van der Waals surface area contributed by atoms with Crippen molar-refractivity contribution in [3.8, 4) is 33.4 Å². The molecule has 8 aromatic carbocycles. The lowest BCUT2D eigenvalue weighted by Crippen LogP contribution is -2.28. The van der Waals surface area contributed by atoms with E-state index in [1.807, 2.05) is 12.1 Å². The molecule has 1 aliphatic carbocycles. The fourth-order valence-corrected chi connectivity index (χ4v) is 8.12. The van der Waals surface area contributed by atoms with E-state index in [9.17, 15) is 0 Å². The van der Waals surface area contributed by atoms with Crippen LogP contribution in [0, 0.1) is 0 Å². The Labute approximate surface area is 328 Å². The van der Waals surface area contributed by atoms with Crippen LogP contribution in [0.5, 0.6) is 0 Å². The Hall–Kier alpha value is -7.23. The number of hydrogen-bond donors (Lipinski definition) is 0. The molecule has 0 bridgehead atoms. The lowest BCUT2D eigenvalue weighted by Gasteiger charge is -2.34. The largest absolute Gasteiger partial charge is 0.261 e. The Bertz CT molecular complexity index is 2640. The van der Waals surface area contributed by atoms with Gasteiger partial charge in [0.2, 0.25) is 0 Å². The van der Waals surface area contributed by atoms with Crippen LogP contribution >= 0.6 is 0 Å². The van der Waals surface area contributed by atoms with Gasteiger partial charge >= 0.3 is 0 Å². The molecular weight excluding hydrogens is 679 g/mol. The minimum absolute atomic E-state index is 0.430. The quantitative estimate of drug-likeness (QED) is 0.111. The summed E-state index contributed by atoms with van der Waals surface area (Å²) in [4.78, 5) is 14.8. The standard InChI is InChI=1S/C53H39N3/c1-54-51(43-31-27-41(28-32-43)39-16-6-2-7-17-39)56-52(44-33-29-42(30-34-44)40-18-8-3-9-19-40)55-37-38-26-35-48-47-24-14-15-25-49(47)53(50(48)36-38,45-20-10-4-11-21-45)46-22-12-5-13-23-46/h2-36H,1,37H2. The number of amidine groups is 2. The van der Waals surface area contributed by atoms with E-state index in [0.717, 1.165) is 38.9 Å². The topological polar surface area (TPSA) is 37.1 Å². The highest BCUT2D eigenvalue weighted by molar-refractivity contribution is 6.13. The van der Waals surface area contributed by atoms with Crippen molar-refractivity contribution in [1.29, 1.82) is 0 Å². The fourth-order valence-electron chi connectivity index (χ4n) is 8.12. The number of benzene rings is 8. The molecule has 8 aromatic rings. The van der Waals surface area contributed by atoms with Gasteiger partial charge in [0.25, 0.3) is 0 Å². The van der Waals surface area contributed by atoms with Crippen LogP contribution in [0.25, 0.3) is 33.4 Å². The van der Waals surface area contributed by atoms with E-state index in [-0.39, 0.29) is 0 Å². The maximum absolute atomic E-state index is 5.25. The van der Waals surface area contributed by atoms with Crippen molar-refractivity contribution in [2.75, 3.05) is 0 Å². The summed E-state index contributed by atoms with van der Waals surface area (Å²) in [6.45, 7) is 4.36. The van der Waals surface area contributed by atoms with Gasteiger partial charge in [-0.25, -0.2) is 9.98 Å². The molecule has 0 unspecified atom stereocenters. The summed E-state index contributed by atoms with van der Waals surface area (Å²) in [6, 6.07) is 75.0. The van der Waals surface area contributed by atoms with Crippen LogP contribution in [-0.4, -0.2) is 18.4 Å². The molecule has 9 rings (SSSR count). The van der Waals surface area contributed by atoms with Gasteiger partial charge in [0.15, 0.2) is 11.7 Å². The lowest BCUT2D eigenvalue weighted by atomic mass is 9.67. The van der Waals surface area contributed by atoms with Crippen molar-refractivity contribution in [3.05, 3.63) is 251 Å². The van der Waals surface area contributed by atoms with Crippen molar-refractivity contribution >= 4 is 18.4 Å². The van der Waals surface area contributed by atoms with E-state index in [4.69, 9.17) is 9.98 Å². The summed E-state index contributed by atoms with van der Waals surface area (Å²) in [5.74, 6) is 1.12. The van der Waals surface area contributed by atoms with Gasteiger partial charge in [-0.1, -0.05) is 212 Å². The van der Waals surface area contributed by atoms with Crippen LogP contribution in [0.4, 0.5) is 0 Å². The van der Waals surface area contributed by atoms with E-state index in [1.165, 1.54) is 33.4 Å². The van der Waals surface area contributed by atoms with Gasteiger partial charge in [-0.05, 0) is 67.9 Å². The van der Waals surface area contributed by atoms with Crippen LogP contribution in [0.2, 0.25) is 0 Å². The Balaban J connectivity index is 1.15. The van der Waals surface area contributed by atoms with Gasteiger partial charge in [-0.15, -0.1) is 0 Å². The lowest BCUT2D eigenvalue weighted by molar-refractivity contribution is 0.766. The average Bonchev–Trinajstić information content (AvgIpc) is 3.58. The second-order valence-corrected chi connectivity index (χ2v) is 14.0. The summed E-state index contributed by atoms with van der Waals surface area (Å²) in [7, 11) is 0. The monoisotopic (exact) mass is 717 g/mol. The molecule has 56 heavy (non-hydrogen) atoms. The number of hydrogen-bond acceptors (Lipinski definition) is 1. The summed E-state index contributed by atoms with van der Waals surface area (Å²) in [5.41, 5.74) is 14.5. The van der Waals surface area contributed by atoms with Crippen LogP contribution in [0.3, 0.4) is 0 Å². The predicted octanol–water partition coefficient (Wildman–Crippen LogP) is 12.5. The van der Waals surface area contributed by atoms with Crippen molar-refractivity contribution in [3.63, 3.8) is 0 Å². The van der Waals surface area contributed by atoms with Gasteiger partial charge < -0.3 is 0 Å². The molecule has 0 aliphatic heterocycles. The smallest absolute Gasteiger partial charge is 0.161 e. The molecule has 0 heterocycles. The Morgan fingerprint density at radius 2 is 0.857 bits per heavy atom. The van der Waals surface area contributed by atoms with Gasteiger partial charge in [0.05, 0.1) is 12.0 Å². The normalized spacial score (nSPS) is 13.1. The first kappa shape index (κ1) is 34.5. The summed E-state index contributed by atoms with van der Waals surface area (Å²) >= 11 is 0. The van der Waals surface area contributed by atoms with E-state index in [0.29, 0.717) is 18.2 Å². The van der Waals surface area contributed by atoms with Crippen LogP contribution in [0.1, 0.15) is 38.9 Å². The second kappa shape index (κ2) is 15.3. The fraction of sp³-hybridized carbons (Fsp3) is 0.0377. The molecule has 0 radical (unpaired) electrons. The molecule has 1 aliphatic rings. The summed E-state index contributed by atoms with van der Waals surface area (Å²) < 4.78 is 0. The van der Waals surface area contributed by atoms with Crippen LogP contribution in [-0.2, 0) is 12.0 Å². The highest BCUT2D eigenvalue weighted by Gasteiger charge is 2.45. The molecule has 0 N–H and O–H groups in total. The van der Waals surface area contributed by atoms with E-state index in [1.54, 1.807) is 0 Å². The highest BCUT2D eigenvalue weighted by atomic mass is 15.0.